The molecule has 3 atom stereocenters. The van der Waals surface area contributed by atoms with E-state index in [2.05, 4.69) is 15.1 Å². The molecule has 3 amide bonds. The molecule has 3 aliphatic rings. The molecule has 4 rings (SSSR count). The van der Waals surface area contributed by atoms with Crippen LogP contribution in [-0.2, 0) is 30.7 Å². The number of urea groups is 1. The van der Waals surface area contributed by atoms with Crippen molar-refractivity contribution >= 4 is 28.0 Å². The molecule has 2 bridgehead atoms. The number of para-hydroxylation sites is 1. The molecule has 1 aromatic carbocycles. The molecular weight excluding hydrogens is 415 g/mol. The Bertz CT molecular complexity index is 874. The Morgan fingerprint density at radius 3 is 2.79 bits per heavy atom. The van der Waals surface area contributed by atoms with Gasteiger partial charge < -0.3 is 14.8 Å². The molecular formula is C16H19N4NaO7S. The molecule has 0 spiro atoms. The van der Waals surface area contributed by atoms with Gasteiger partial charge in [-0.1, -0.05) is 18.2 Å². The average molecular weight is 434 g/mol. The number of amides is 3. The third kappa shape index (κ3) is 4.85. The van der Waals surface area contributed by atoms with Gasteiger partial charge in [-0.3, -0.25) is 9.63 Å². The Balaban J connectivity index is 0.00000240. The summed E-state index contributed by atoms with van der Waals surface area (Å²) in [5.41, 5.74) is 4.58. The summed E-state index contributed by atoms with van der Waals surface area (Å²) in [5, 5.41) is 3.84. The van der Waals surface area contributed by atoms with Gasteiger partial charge in [-0.05, 0) is 30.9 Å². The van der Waals surface area contributed by atoms with E-state index in [0.29, 0.717) is 17.9 Å². The Morgan fingerprint density at radius 1 is 1.31 bits per heavy atom. The summed E-state index contributed by atoms with van der Waals surface area (Å²) in [7, 11) is -5.07. The molecule has 0 aliphatic carbocycles. The third-order valence-electron chi connectivity index (χ3n) is 5.10. The maximum absolute atomic E-state index is 12.4. The second kappa shape index (κ2) is 8.76. The van der Waals surface area contributed by atoms with Crippen molar-refractivity contribution in [3.05, 3.63) is 29.8 Å². The largest absolute Gasteiger partial charge is 1.00 e. The number of hydrogen-bond acceptors (Lipinski definition) is 8. The molecule has 0 radical (unpaired) electrons. The van der Waals surface area contributed by atoms with E-state index in [4.69, 9.17) is 4.84 Å². The Morgan fingerprint density at radius 2 is 2.07 bits per heavy atom. The number of fused-ring (bicyclic) bond motifs is 3. The van der Waals surface area contributed by atoms with Gasteiger partial charge in [-0.25, -0.2) is 18.7 Å². The van der Waals surface area contributed by atoms with Crippen LogP contribution in [0.3, 0.4) is 0 Å². The van der Waals surface area contributed by atoms with E-state index in [0.717, 1.165) is 12.1 Å². The van der Waals surface area contributed by atoms with Crippen LogP contribution in [0.4, 0.5) is 10.5 Å². The van der Waals surface area contributed by atoms with Crippen molar-refractivity contribution in [1.82, 2.24) is 15.4 Å². The first-order chi connectivity index (χ1) is 13.3. The van der Waals surface area contributed by atoms with Gasteiger partial charge in [0.25, 0.3) is 5.91 Å². The number of carbonyl (C=O) groups excluding carboxylic acids is 2. The van der Waals surface area contributed by atoms with Crippen molar-refractivity contribution in [3.8, 4) is 0 Å². The van der Waals surface area contributed by atoms with Crippen molar-refractivity contribution in [2.75, 3.05) is 18.5 Å². The van der Waals surface area contributed by atoms with Gasteiger partial charge in [0.15, 0.2) is 0 Å². The zero-order chi connectivity index (χ0) is 19.9. The maximum atomic E-state index is 12.4. The minimum absolute atomic E-state index is 0. The summed E-state index contributed by atoms with van der Waals surface area (Å²) in [6.45, 7) is 0.347. The molecule has 3 heterocycles. The van der Waals surface area contributed by atoms with E-state index >= 15 is 0 Å². The predicted molar refractivity (Wildman–Crippen MR) is 93.2 cm³/mol. The van der Waals surface area contributed by atoms with Crippen LogP contribution >= 0.6 is 0 Å². The molecule has 0 aromatic heterocycles. The topological polar surface area (TPSA) is 140 Å². The number of carbonyl (C=O) groups is 2. The Hall–Kier alpha value is -1.41. The standard InChI is InChI=1S/C16H20N4O7S.Na/c21-15(18-26-9-11-7-10-3-1-2-4-13(10)17-11)14-6-5-12-8-19(14)16(22)20(12)27-28(23,24)25;/h1-4,11-12,14,17H,5-9H2,(H,18,21)(H,23,24,25);/q;+1/p-1/t11?,12?,14-;/m0./s1. The van der Waals surface area contributed by atoms with E-state index in [1.54, 1.807) is 0 Å². The molecule has 13 heteroatoms. The minimum Gasteiger partial charge on any atom is -0.724 e. The molecule has 2 fully saturated rings. The van der Waals surface area contributed by atoms with Crippen LogP contribution in [-0.4, -0.2) is 66.1 Å². The first-order valence-electron chi connectivity index (χ1n) is 8.83. The minimum atomic E-state index is -5.07. The molecule has 2 N–H and O–H groups in total. The monoisotopic (exact) mass is 434 g/mol. The van der Waals surface area contributed by atoms with Gasteiger partial charge in [0.05, 0.1) is 18.7 Å². The van der Waals surface area contributed by atoms with Crippen LogP contribution in [0.5, 0.6) is 0 Å². The summed E-state index contributed by atoms with van der Waals surface area (Å²) < 4.78 is 36.6. The summed E-state index contributed by atoms with van der Waals surface area (Å²) in [6, 6.07) is 5.69. The third-order valence-corrected chi connectivity index (χ3v) is 5.44. The molecule has 11 nitrogen and oxygen atoms in total. The molecule has 1 aromatic rings. The van der Waals surface area contributed by atoms with Gasteiger partial charge in [0, 0.05) is 12.2 Å². The van der Waals surface area contributed by atoms with Gasteiger partial charge in [-0.2, -0.15) is 9.35 Å². The number of anilines is 1. The summed E-state index contributed by atoms with van der Waals surface area (Å²) in [4.78, 5) is 31.2. The van der Waals surface area contributed by atoms with Crippen LogP contribution in [0.1, 0.15) is 18.4 Å². The van der Waals surface area contributed by atoms with Gasteiger partial charge in [0.2, 0.25) is 10.4 Å². The number of nitrogens with one attached hydrogen (secondary N) is 2. The van der Waals surface area contributed by atoms with Crippen LogP contribution in [0.2, 0.25) is 0 Å². The van der Waals surface area contributed by atoms with E-state index in [1.165, 1.54) is 10.5 Å². The maximum Gasteiger partial charge on any atom is 1.00 e. The van der Waals surface area contributed by atoms with Crippen molar-refractivity contribution in [3.63, 3.8) is 0 Å². The molecule has 0 saturated carbocycles. The molecule has 2 saturated heterocycles. The second-order valence-corrected chi connectivity index (χ2v) is 7.94. The second-order valence-electron chi connectivity index (χ2n) is 6.97. The normalized spacial score (nSPS) is 25.3. The van der Waals surface area contributed by atoms with Crippen molar-refractivity contribution in [2.45, 2.75) is 37.4 Å². The zero-order valence-corrected chi connectivity index (χ0v) is 18.6. The number of piperidine rings is 1. The zero-order valence-electron chi connectivity index (χ0n) is 15.7. The molecule has 29 heavy (non-hydrogen) atoms. The molecule has 2 unspecified atom stereocenters. The average Bonchev–Trinajstić information content (AvgIpc) is 3.15. The van der Waals surface area contributed by atoms with E-state index < -0.39 is 34.4 Å². The quantitative estimate of drug-likeness (QED) is 0.206. The van der Waals surface area contributed by atoms with Crippen LogP contribution in [0.15, 0.2) is 24.3 Å². The van der Waals surface area contributed by atoms with Crippen molar-refractivity contribution in [2.24, 2.45) is 0 Å². The summed E-state index contributed by atoms with van der Waals surface area (Å²) in [5.74, 6) is -0.505. The fourth-order valence-corrected chi connectivity index (χ4v) is 4.24. The first-order valence-corrected chi connectivity index (χ1v) is 10.2. The molecule has 3 aliphatic heterocycles. The predicted octanol–water partition coefficient (Wildman–Crippen LogP) is -3.26. The Labute approximate surface area is 189 Å². The van der Waals surface area contributed by atoms with Crippen LogP contribution in [0.25, 0.3) is 0 Å². The number of hydroxylamine groups is 3. The van der Waals surface area contributed by atoms with E-state index in [-0.39, 0.29) is 48.8 Å². The van der Waals surface area contributed by atoms with Crippen molar-refractivity contribution in [1.29, 1.82) is 0 Å². The summed E-state index contributed by atoms with van der Waals surface area (Å²) >= 11 is 0. The number of nitrogens with zero attached hydrogens (tertiary/aromatic N) is 2. The van der Waals surface area contributed by atoms with Crippen LogP contribution < -0.4 is 40.4 Å². The van der Waals surface area contributed by atoms with E-state index in [1.807, 2.05) is 24.3 Å². The molecule has 152 valence electrons. The van der Waals surface area contributed by atoms with Crippen LogP contribution in [0, 0.1) is 0 Å². The first kappa shape index (κ1) is 22.3. The number of rotatable bonds is 6. The fraction of sp³-hybridized carbons (Fsp3) is 0.500. The van der Waals surface area contributed by atoms with Crippen molar-refractivity contribution < 1.29 is 61.2 Å². The number of benzene rings is 1. The smallest absolute Gasteiger partial charge is 0.724 e. The van der Waals surface area contributed by atoms with E-state index in [9.17, 15) is 22.6 Å². The summed E-state index contributed by atoms with van der Waals surface area (Å²) in [6.07, 6.45) is 1.41. The fourth-order valence-electron chi connectivity index (χ4n) is 3.86. The van der Waals surface area contributed by atoms with Gasteiger partial charge >= 0.3 is 35.6 Å². The Kier molecular flexibility index (Phi) is 6.73. The number of hydrogen-bond donors (Lipinski definition) is 2. The SMILES string of the molecule is O=C(NOCC1Cc2ccccc2N1)[C@@H]1CCC2CN1C(=O)N2OS(=O)(=O)[O-].[Na+]. The van der Waals surface area contributed by atoms with Gasteiger partial charge in [0.1, 0.15) is 6.04 Å². The van der Waals surface area contributed by atoms with Gasteiger partial charge in [-0.15, -0.1) is 0 Å².